The van der Waals surface area contributed by atoms with E-state index in [0.29, 0.717) is 35.4 Å². The standard InChI is InChI=1S/C32H36Cl2N4O3/c1-36(2)18-19-37(3)16-4-20-40-25-10-5-22(6-11-25)31-30-27(28-21-24(34)9-14-29(28)35-30)15-17-38(31)32(39)41-26-12-7-23(33)8-13-26/h5-14,21,31,35H,4,15-20H2,1-3H3. The van der Waals surface area contributed by atoms with Crippen molar-refractivity contribution in [3.63, 3.8) is 0 Å². The van der Waals surface area contributed by atoms with Crippen molar-refractivity contribution in [3.05, 3.63) is 93.6 Å². The van der Waals surface area contributed by atoms with Gasteiger partial charge < -0.3 is 24.3 Å². The number of nitrogens with zero attached hydrogens (tertiary/aromatic N) is 3. The van der Waals surface area contributed by atoms with Crippen LogP contribution in [-0.2, 0) is 6.42 Å². The van der Waals surface area contributed by atoms with Crippen LogP contribution in [-0.4, -0.2) is 79.7 Å². The number of carbonyl (C=O) groups is 1. The minimum absolute atomic E-state index is 0.357. The number of fused-ring (bicyclic) bond motifs is 3. The molecule has 2 heterocycles. The topological polar surface area (TPSA) is 61.0 Å². The molecule has 1 aliphatic rings. The van der Waals surface area contributed by atoms with Gasteiger partial charge >= 0.3 is 6.09 Å². The van der Waals surface area contributed by atoms with Crippen LogP contribution >= 0.6 is 23.2 Å². The van der Waals surface area contributed by atoms with E-state index in [9.17, 15) is 4.79 Å². The average Bonchev–Trinajstić information content (AvgIpc) is 3.33. The summed E-state index contributed by atoms with van der Waals surface area (Å²) in [4.78, 5) is 23.3. The summed E-state index contributed by atoms with van der Waals surface area (Å²) in [5.41, 5.74) is 4.10. The van der Waals surface area contributed by atoms with Crippen molar-refractivity contribution in [1.82, 2.24) is 19.7 Å². The van der Waals surface area contributed by atoms with Crippen molar-refractivity contribution >= 4 is 40.2 Å². The predicted molar refractivity (Wildman–Crippen MR) is 166 cm³/mol. The van der Waals surface area contributed by atoms with Gasteiger partial charge in [0.25, 0.3) is 0 Å². The van der Waals surface area contributed by atoms with Crippen molar-refractivity contribution in [3.8, 4) is 11.5 Å². The van der Waals surface area contributed by atoms with Crippen molar-refractivity contribution in [2.75, 3.05) is 53.9 Å². The molecule has 4 aromatic rings. The number of aromatic amines is 1. The number of likely N-dealkylation sites (N-methyl/N-ethyl adjacent to an activating group) is 2. The Balaban J connectivity index is 1.34. The number of H-pyrrole nitrogens is 1. The molecule has 1 aliphatic heterocycles. The first-order valence-electron chi connectivity index (χ1n) is 13.9. The molecule has 9 heteroatoms. The summed E-state index contributed by atoms with van der Waals surface area (Å²) in [6.45, 7) is 4.19. The molecule has 41 heavy (non-hydrogen) atoms. The van der Waals surface area contributed by atoms with Gasteiger partial charge in [-0.3, -0.25) is 4.90 Å². The Morgan fingerprint density at radius 2 is 1.63 bits per heavy atom. The van der Waals surface area contributed by atoms with Crippen molar-refractivity contribution < 1.29 is 14.3 Å². The van der Waals surface area contributed by atoms with E-state index < -0.39 is 6.09 Å². The number of hydrogen-bond donors (Lipinski definition) is 1. The van der Waals surface area contributed by atoms with Crippen LogP contribution in [0.15, 0.2) is 66.7 Å². The largest absolute Gasteiger partial charge is 0.494 e. The van der Waals surface area contributed by atoms with Crippen molar-refractivity contribution in [2.45, 2.75) is 18.9 Å². The highest BCUT2D eigenvalue weighted by molar-refractivity contribution is 6.31. The van der Waals surface area contributed by atoms with E-state index in [-0.39, 0.29) is 6.04 Å². The van der Waals surface area contributed by atoms with Crippen LogP contribution in [0.3, 0.4) is 0 Å². The number of rotatable bonds is 10. The number of amides is 1. The first kappa shape index (κ1) is 29.3. The lowest BCUT2D eigenvalue weighted by molar-refractivity contribution is 0.135. The normalized spacial score (nSPS) is 15.0. The molecule has 0 saturated carbocycles. The Hall–Kier alpha value is -3.23. The van der Waals surface area contributed by atoms with Crippen LogP contribution in [0.2, 0.25) is 10.0 Å². The van der Waals surface area contributed by atoms with Gasteiger partial charge in [-0.25, -0.2) is 4.79 Å². The lowest BCUT2D eigenvalue weighted by atomic mass is 9.92. The van der Waals surface area contributed by atoms with Gasteiger partial charge in [0.05, 0.1) is 6.61 Å². The molecule has 0 radical (unpaired) electrons. The Morgan fingerprint density at radius 1 is 0.927 bits per heavy atom. The second-order valence-corrected chi connectivity index (χ2v) is 11.6. The number of nitrogens with one attached hydrogen (secondary N) is 1. The molecule has 1 N–H and O–H groups in total. The van der Waals surface area contributed by atoms with E-state index in [0.717, 1.165) is 54.0 Å². The van der Waals surface area contributed by atoms with E-state index in [2.05, 4.69) is 35.9 Å². The molecule has 3 aromatic carbocycles. The van der Waals surface area contributed by atoms with E-state index >= 15 is 0 Å². The van der Waals surface area contributed by atoms with E-state index in [4.69, 9.17) is 32.7 Å². The lowest BCUT2D eigenvalue weighted by Gasteiger charge is -2.35. The van der Waals surface area contributed by atoms with Gasteiger partial charge in [-0.1, -0.05) is 35.3 Å². The van der Waals surface area contributed by atoms with Gasteiger partial charge in [0.1, 0.15) is 17.5 Å². The maximum atomic E-state index is 13.5. The molecule has 0 aliphatic carbocycles. The van der Waals surface area contributed by atoms with Gasteiger partial charge in [0.15, 0.2) is 0 Å². The molecule has 0 saturated heterocycles. The van der Waals surface area contributed by atoms with Gasteiger partial charge in [0.2, 0.25) is 0 Å². The molecular weight excluding hydrogens is 559 g/mol. The third kappa shape index (κ3) is 7.16. The van der Waals surface area contributed by atoms with Crippen LogP contribution in [0.4, 0.5) is 4.79 Å². The monoisotopic (exact) mass is 594 g/mol. The first-order chi connectivity index (χ1) is 19.8. The quantitative estimate of drug-likeness (QED) is 0.203. The highest BCUT2D eigenvalue weighted by atomic mass is 35.5. The Morgan fingerprint density at radius 3 is 2.37 bits per heavy atom. The number of ether oxygens (including phenoxy) is 2. The fraction of sp³-hybridized carbons (Fsp3) is 0.344. The summed E-state index contributed by atoms with van der Waals surface area (Å²) < 4.78 is 11.8. The van der Waals surface area contributed by atoms with Gasteiger partial charge in [-0.15, -0.1) is 0 Å². The fourth-order valence-electron chi connectivity index (χ4n) is 5.22. The zero-order valence-electron chi connectivity index (χ0n) is 23.7. The Kier molecular flexibility index (Phi) is 9.40. The highest BCUT2D eigenvalue weighted by Crippen LogP contribution is 2.40. The zero-order valence-corrected chi connectivity index (χ0v) is 25.2. The van der Waals surface area contributed by atoms with Crippen LogP contribution < -0.4 is 9.47 Å². The summed E-state index contributed by atoms with van der Waals surface area (Å²) >= 11 is 12.4. The maximum Gasteiger partial charge on any atom is 0.416 e. The minimum atomic E-state index is -0.418. The minimum Gasteiger partial charge on any atom is -0.494 e. The lowest BCUT2D eigenvalue weighted by Crippen LogP contribution is -2.42. The van der Waals surface area contributed by atoms with Crippen molar-refractivity contribution in [2.24, 2.45) is 0 Å². The van der Waals surface area contributed by atoms with Crippen molar-refractivity contribution in [1.29, 1.82) is 0 Å². The summed E-state index contributed by atoms with van der Waals surface area (Å²) in [5.74, 6) is 1.25. The van der Waals surface area contributed by atoms with Gasteiger partial charge in [0, 0.05) is 52.8 Å². The Bertz CT molecular complexity index is 1470. The number of carbonyl (C=O) groups excluding carboxylic acids is 1. The smallest absolute Gasteiger partial charge is 0.416 e. The predicted octanol–water partition coefficient (Wildman–Crippen LogP) is 6.88. The summed E-state index contributed by atoms with van der Waals surface area (Å²) in [7, 11) is 6.31. The van der Waals surface area contributed by atoms with Gasteiger partial charge in [-0.2, -0.15) is 0 Å². The molecule has 1 unspecified atom stereocenters. The summed E-state index contributed by atoms with van der Waals surface area (Å²) in [6, 6.07) is 20.3. The van der Waals surface area contributed by atoms with Crippen LogP contribution in [0, 0.1) is 0 Å². The van der Waals surface area contributed by atoms with E-state index in [1.807, 2.05) is 42.5 Å². The van der Waals surface area contributed by atoms with Crippen LogP contribution in [0.25, 0.3) is 10.9 Å². The number of aromatic nitrogens is 1. The zero-order chi connectivity index (χ0) is 28.9. The summed E-state index contributed by atoms with van der Waals surface area (Å²) in [6.07, 6.45) is 1.21. The number of halogens is 2. The molecule has 1 atom stereocenters. The highest BCUT2D eigenvalue weighted by Gasteiger charge is 2.35. The second kappa shape index (κ2) is 13.2. The molecule has 216 valence electrons. The van der Waals surface area contributed by atoms with Crippen LogP contribution in [0.5, 0.6) is 11.5 Å². The molecule has 0 fully saturated rings. The third-order valence-electron chi connectivity index (χ3n) is 7.42. The second-order valence-electron chi connectivity index (χ2n) is 10.8. The van der Waals surface area contributed by atoms with Crippen LogP contribution in [0.1, 0.15) is 29.3 Å². The molecule has 0 spiro atoms. The molecule has 7 nitrogen and oxygen atoms in total. The molecule has 1 aromatic heterocycles. The maximum absolute atomic E-state index is 13.5. The third-order valence-corrected chi connectivity index (χ3v) is 7.91. The molecule has 1 amide bonds. The molecular formula is C32H36Cl2N4O3. The SMILES string of the molecule is CN(C)CCN(C)CCCOc1ccc(C2c3[nH]c4ccc(Cl)cc4c3CCN2C(=O)Oc2ccc(Cl)cc2)cc1. The number of hydrogen-bond acceptors (Lipinski definition) is 5. The van der Waals surface area contributed by atoms with Gasteiger partial charge in [-0.05, 0) is 99.7 Å². The molecule has 0 bridgehead atoms. The number of benzene rings is 3. The fourth-order valence-corrected chi connectivity index (χ4v) is 5.52. The Labute approximate surface area is 251 Å². The first-order valence-corrected chi connectivity index (χ1v) is 14.6. The average molecular weight is 596 g/mol. The van der Waals surface area contributed by atoms with E-state index in [1.165, 1.54) is 5.56 Å². The molecule has 5 rings (SSSR count). The van der Waals surface area contributed by atoms with E-state index in [1.54, 1.807) is 29.2 Å². The summed E-state index contributed by atoms with van der Waals surface area (Å²) in [5, 5.41) is 2.35.